The van der Waals surface area contributed by atoms with Crippen LogP contribution in [0.5, 0.6) is 0 Å². The molecule has 0 N–H and O–H groups in total. The minimum Gasteiger partial charge on any atom is -0.295 e. The van der Waals surface area contributed by atoms with Crippen LogP contribution < -0.4 is 0 Å². The Morgan fingerprint density at radius 3 is 2.46 bits per heavy atom. The first-order valence-corrected chi connectivity index (χ1v) is 5.25. The quantitative estimate of drug-likeness (QED) is 0.550. The van der Waals surface area contributed by atoms with Gasteiger partial charge in [-0.1, -0.05) is 33.8 Å². The van der Waals surface area contributed by atoms with Crippen molar-refractivity contribution in [1.82, 2.24) is 0 Å². The maximum absolute atomic E-state index is 11.0. The van der Waals surface area contributed by atoms with E-state index in [-0.39, 0.29) is 5.78 Å². The summed E-state index contributed by atoms with van der Waals surface area (Å²) in [4.78, 5) is 11.0. The molecule has 0 saturated carbocycles. The van der Waals surface area contributed by atoms with Gasteiger partial charge in [-0.3, -0.25) is 4.79 Å². The van der Waals surface area contributed by atoms with Crippen molar-refractivity contribution in [2.75, 3.05) is 0 Å². The topological polar surface area (TPSA) is 17.1 Å². The summed E-state index contributed by atoms with van der Waals surface area (Å²) >= 11 is 0. The fourth-order valence-corrected chi connectivity index (χ4v) is 1.60. The predicted molar refractivity (Wildman–Crippen MR) is 57.7 cm³/mol. The highest BCUT2D eigenvalue weighted by atomic mass is 16.1. The second-order valence-electron chi connectivity index (χ2n) is 4.11. The molecule has 0 aliphatic rings. The Labute approximate surface area is 82.2 Å². The summed E-state index contributed by atoms with van der Waals surface area (Å²) < 4.78 is 0. The van der Waals surface area contributed by atoms with Crippen LogP contribution in [0.4, 0.5) is 0 Å². The number of ketones is 1. The van der Waals surface area contributed by atoms with E-state index in [0.717, 1.165) is 12.3 Å². The van der Waals surface area contributed by atoms with E-state index in [0.29, 0.717) is 12.3 Å². The number of rotatable bonds is 7. The number of hydrogen-bond acceptors (Lipinski definition) is 1. The van der Waals surface area contributed by atoms with Crippen LogP contribution in [0.3, 0.4) is 0 Å². The third-order valence-corrected chi connectivity index (χ3v) is 2.41. The van der Waals surface area contributed by atoms with Gasteiger partial charge < -0.3 is 0 Å². The van der Waals surface area contributed by atoms with Crippen molar-refractivity contribution in [3.63, 3.8) is 0 Å². The summed E-state index contributed by atoms with van der Waals surface area (Å²) in [5.74, 6) is 1.63. The van der Waals surface area contributed by atoms with Gasteiger partial charge in [0.1, 0.15) is 0 Å². The maximum atomic E-state index is 11.0. The predicted octanol–water partition coefficient (Wildman–Crippen LogP) is 3.59. The Morgan fingerprint density at radius 1 is 1.46 bits per heavy atom. The number of carbonyl (C=O) groups excluding carboxylic acids is 1. The first-order valence-electron chi connectivity index (χ1n) is 5.25. The molecule has 1 unspecified atom stereocenters. The lowest BCUT2D eigenvalue weighted by Crippen LogP contribution is -2.05. The third-order valence-electron chi connectivity index (χ3n) is 2.41. The second kappa shape index (κ2) is 6.88. The molecule has 76 valence electrons. The lowest BCUT2D eigenvalue weighted by atomic mass is 9.90. The van der Waals surface area contributed by atoms with Crippen LogP contribution in [0.2, 0.25) is 0 Å². The van der Waals surface area contributed by atoms with Gasteiger partial charge in [-0.15, -0.1) is 0 Å². The van der Waals surface area contributed by atoms with Gasteiger partial charge in [-0.2, -0.15) is 0 Å². The average molecular weight is 182 g/mol. The monoisotopic (exact) mass is 182 g/mol. The molecule has 0 saturated heterocycles. The molecule has 0 aromatic rings. The molecule has 0 radical (unpaired) electrons. The van der Waals surface area contributed by atoms with Crippen molar-refractivity contribution in [3.8, 4) is 0 Å². The molecule has 0 spiro atoms. The first-order chi connectivity index (χ1) is 6.10. The fraction of sp³-hybridized carbons (Fsp3) is 0.750. The van der Waals surface area contributed by atoms with E-state index >= 15 is 0 Å². The van der Waals surface area contributed by atoms with Gasteiger partial charge in [-0.05, 0) is 30.8 Å². The van der Waals surface area contributed by atoms with Crippen LogP contribution in [-0.2, 0) is 4.79 Å². The van der Waals surface area contributed by atoms with E-state index in [2.05, 4.69) is 27.4 Å². The van der Waals surface area contributed by atoms with Gasteiger partial charge in [0.15, 0.2) is 5.78 Å². The number of hydrogen-bond donors (Lipinski definition) is 0. The molecule has 0 heterocycles. The fourth-order valence-electron chi connectivity index (χ4n) is 1.60. The van der Waals surface area contributed by atoms with Crippen LogP contribution in [0.25, 0.3) is 0 Å². The van der Waals surface area contributed by atoms with Gasteiger partial charge in [0, 0.05) is 6.42 Å². The van der Waals surface area contributed by atoms with Crippen molar-refractivity contribution in [2.24, 2.45) is 11.8 Å². The normalized spacial score (nSPS) is 12.9. The van der Waals surface area contributed by atoms with Crippen molar-refractivity contribution in [3.05, 3.63) is 12.7 Å². The largest absolute Gasteiger partial charge is 0.295 e. The second-order valence-corrected chi connectivity index (χ2v) is 4.11. The number of allylic oxidation sites excluding steroid dienone is 1. The van der Waals surface area contributed by atoms with E-state index in [1.54, 1.807) is 0 Å². The van der Waals surface area contributed by atoms with Crippen molar-refractivity contribution in [2.45, 2.75) is 46.5 Å². The highest BCUT2D eigenvalue weighted by Crippen LogP contribution is 2.20. The SMILES string of the molecule is C=CC(=O)CCC(CC)CC(C)C. The summed E-state index contributed by atoms with van der Waals surface area (Å²) in [5, 5.41) is 0. The lowest BCUT2D eigenvalue weighted by Gasteiger charge is -2.15. The molecule has 0 aromatic carbocycles. The molecule has 0 aromatic heterocycles. The Bertz CT molecular complexity index is 159. The summed E-state index contributed by atoms with van der Waals surface area (Å²) in [6.07, 6.45) is 5.56. The smallest absolute Gasteiger partial charge is 0.155 e. The summed E-state index contributed by atoms with van der Waals surface area (Å²) in [6, 6.07) is 0. The highest BCUT2D eigenvalue weighted by molar-refractivity contribution is 5.88. The molecule has 0 aliphatic carbocycles. The molecular weight excluding hydrogens is 160 g/mol. The van der Waals surface area contributed by atoms with Crippen LogP contribution in [0.1, 0.15) is 46.5 Å². The third kappa shape index (κ3) is 6.56. The van der Waals surface area contributed by atoms with E-state index in [9.17, 15) is 4.79 Å². The van der Waals surface area contributed by atoms with Crippen molar-refractivity contribution < 1.29 is 4.79 Å². The lowest BCUT2D eigenvalue weighted by molar-refractivity contribution is -0.114. The first kappa shape index (κ1) is 12.4. The Kier molecular flexibility index (Phi) is 6.56. The minimum atomic E-state index is 0.183. The Morgan fingerprint density at radius 2 is 2.08 bits per heavy atom. The summed E-state index contributed by atoms with van der Waals surface area (Å²) in [5.41, 5.74) is 0. The van der Waals surface area contributed by atoms with Crippen LogP contribution in [0.15, 0.2) is 12.7 Å². The molecule has 0 amide bonds. The van der Waals surface area contributed by atoms with E-state index in [1.165, 1.54) is 18.9 Å². The van der Waals surface area contributed by atoms with E-state index in [4.69, 9.17) is 0 Å². The molecule has 0 aliphatic heterocycles. The molecule has 1 heteroatoms. The Hall–Kier alpha value is -0.590. The van der Waals surface area contributed by atoms with E-state index < -0.39 is 0 Å². The zero-order valence-electron chi connectivity index (χ0n) is 9.18. The highest BCUT2D eigenvalue weighted by Gasteiger charge is 2.09. The van der Waals surface area contributed by atoms with Gasteiger partial charge >= 0.3 is 0 Å². The van der Waals surface area contributed by atoms with Gasteiger partial charge in [0.25, 0.3) is 0 Å². The average Bonchev–Trinajstić information content (AvgIpc) is 2.10. The summed E-state index contributed by atoms with van der Waals surface area (Å²) in [7, 11) is 0. The molecule has 0 rings (SSSR count). The van der Waals surface area contributed by atoms with Crippen LogP contribution in [0, 0.1) is 11.8 Å². The molecule has 13 heavy (non-hydrogen) atoms. The zero-order valence-corrected chi connectivity index (χ0v) is 9.18. The van der Waals surface area contributed by atoms with E-state index in [1.807, 2.05) is 0 Å². The molecule has 1 nitrogen and oxygen atoms in total. The van der Waals surface area contributed by atoms with Crippen molar-refractivity contribution >= 4 is 5.78 Å². The van der Waals surface area contributed by atoms with Gasteiger partial charge in [0.05, 0.1) is 0 Å². The van der Waals surface area contributed by atoms with Gasteiger partial charge in [-0.25, -0.2) is 0 Å². The van der Waals surface area contributed by atoms with Crippen molar-refractivity contribution in [1.29, 1.82) is 0 Å². The molecule has 0 fully saturated rings. The molecule has 1 atom stereocenters. The number of carbonyl (C=O) groups is 1. The summed E-state index contributed by atoms with van der Waals surface area (Å²) in [6.45, 7) is 10.1. The molecule has 0 bridgehead atoms. The van der Waals surface area contributed by atoms with Crippen LogP contribution >= 0.6 is 0 Å². The van der Waals surface area contributed by atoms with Crippen LogP contribution in [-0.4, -0.2) is 5.78 Å². The standard InChI is InChI=1S/C12H22O/c1-5-11(9-10(3)4)7-8-12(13)6-2/h6,10-11H,2,5,7-9H2,1,3-4H3. The zero-order chi connectivity index (χ0) is 10.3. The minimum absolute atomic E-state index is 0.183. The van der Waals surface area contributed by atoms with Gasteiger partial charge in [0.2, 0.25) is 0 Å². The maximum Gasteiger partial charge on any atom is 0.155 e. The Balaban J connectivity index is 3.71. The molecular formula is C12H22O.